The van der Waals surface area contributed by atoms with Crippen molar-refractivity contribution >= 4 is 29.0 Å². The van der Waals surface area contributed by atoms with Gasteiger partial charge in [-0.1, -0.05) is 17.7 Å². The van der Waals surface area contributed by atoms with Crippen molar-refractivity contribution in [1.29, 1.82) is 0 Å². The van der Waals surface area contributed by atoms with E-state index in [2.05, 4.69) is 10.3 Å². The van der Waals surface area contributed by atoms with Crippen LogP contribution in [0, 0.1) is 10.1 Å². The average Bonchev–Trinajstić information content (AvgIpc) is 2.47. The van der Waals surface area contributed by atoms with E-state index in [1.807, 2.05) is 0 Å². The monoisotopic (exact) mass is 321 g/mol. The summed E-state index contributed by atoms with van der Waals surface area (Å²) in [4.78, 5) is 25.7. The number of halogens is 1. The molecule has 0 aliphatic rings. The zero-order chi connectivity index (χ0) is 16.1. The highest BCUT2D eigenvalue weighted by molar-refractivity contribution is 6.30. The second-order valence-electron chi connectivity index (χ2n) is 4.37. The first-order valence-electron chi connectivity index (χ1n) is 6.29. The topological polar surface area (TPSA) is 94.4 Å². The molecule has 0 bridgehead atoms. The van der Waals surface area contributed by atoms with E-state index in [9.17, 15) is 14.9 Å². The molecular formula is C14H12ClN3O4. The van der Waals surface area contributed by atoms with E-state index in [-0.39, 0.29) is 11.5 Å². The first kappa shape index (κ1) is 15.7. The number of benzene rings is 1. The molecule has 1 heterocycles. The van der Waals surface area contributed by atoms with Crippen molar-refractivity contribution in [3.8, 4) is 5.75 Å². The quantitative estimate of drug-likeness (QED) is 0.674. The Bertz CT molecular complexity index is 691. The Kier molecular flexibility index (Phi) is 4.90. The van der Waals surface area contributed by atoms with Crippen LogP contribution in [0.5, 0.6) is 5.75 Å². The number of nitrogens with one attached hydrogen (secondary N) is 1. The van der Waals surface area contributed by atoms with Gasteiger partial charge in [-0.2, -0.15) is 0 Å². The molecule has 8 heteroatoms. The fourth-order valence-electron chi connectivity index (χ4n) is 1.59. The van der Waals surface area contributed by atoms with Gasteiger partial charge in [-0.3, -0.25) is 14.9 Å². The molecule has 1 N–H and O–H groups in total. The lowest BCUT2D eigenvalue weighted by Gasteiger charge is -2.14. The number of ether oxygens (including phenoxy) is 1. The highest BCUT2D eigenvalue weighted by Gasteiger charge is 2.16. The molecule has 0 radical (unpaired) electrons. The van der Waals surface area contributed by atoms with E-state index >= 15 is 0 Å². The summed E-state index contributed by atoms with van der Waals surface area (Å²) < 4.78 is 5.46. The predicted octanol–water partition coefficient (Wildman–Crippen LogP) is 3.05. The number of anilines is 1. The lowest BCUT2D eigenvalue weighted by Crippen LogP contribution is -2.30. The van der Waals surface area contributed by atoms with Crippen LogP contribution in [0.25, 0.3) is 0 Å². The Labute approximate surface area is 131 Å². The van der Waals surface area contributed by atoms with E-state index in [1.54, 1.807) is 31.2 Å². The lowest BCUT2D eigenvalue weighted by atomic mass is 10.3. The third-order valence-electron chi connectivity index (χ3n) is 2.69. The Morgan fingerprint density at radius 3 is 2.77 bits per heavy atom. The predicted molar refractivity (Wildman–Crippen MR) is 81.1 cm³/mol. The molecule has 0 saturated carbocycles. The van der Waals surface area contributed by atoms with Crippen molar-refractivity contribution < 1.29 is 14.5 Å². The van der Waals surface area contributed by atoms with Crippen molar-refractivity contribution in [2.24, 2.45) is 0 Å². The first-order valence-corrected chi connectivity index (χ1v) is 6.67. The van der Waals surface area contributed by atoms with Crippen LogP contribution < -0.4 is 10.1 Å². The number of aromatic nitrogens is 1. The summed E-state index contributed by atoms with van der Waals surface area (Å²) >= 11 is 5.83. The lowest BCUT2D eigenvalue weighted by molar-refractivity contribution is -0.385. The van der Waals surface area contributed by atoms with Crippen LogP contribution in [-0.4, -0.2) is 21.9 Å². The normalized spacial score (nSPS) is 11.5. The number of hydrogen-bond acceptors (Lipinski definition) is 5. The van der Waals surface area contributed by atoms with Crippen molar-refractivity contribution in [3.05, 3.63) is 57.7 Å². The molecule has 0 aliphatic carbocycles. The van der Waals surface area contributed by atoms with Crippen molar-refractivity contribution in [3.63, 3.8) is 0 Å². The van der Waals surface area contributed by atoms with Crippen LogP contribution in [0.1, 0.15) is 6.92 Å². The van der Waals surface area contributed by atoms with Crippen molar-refractivity contribution in [1.82, 2.24) is 4.98 Å². The molecule has 0 fully saturated rings. The van der Waals surface area contributed by atoms with Gasteiger partial charge in [0.05, 0.1) is 4.92 Å². The van der Waals surface area contributed by atoms with E-state index in [4.69, 9.17) is 16.3 Å². The largest absolute Gasteiger partial charge is 0.481 e. The maximum Gasteiger partial charge on any atom is 0.287 e. The summed E-state index contributed by atoms with van der Waals surface area (Å²) in [6, 6.07) is 9.28. The summed E-state index contributed by atoms with van der Waals surface area (Å²) in [5.41, 5.74) is -0.152. The van der Waals surface area contributed by atoms with Crippen LogP contribution in [-0.2, 0) is 4.79 Å². The molecule has 0 aliphatic heterocycles. The van der Waals surface area contributed by atoms with Crippen LogP contribution in [0.2, 0.25) is 5.02 Å². The zero-order valence-corrected chi connectivity index (χ0v) is 12.3. The van der Waals surface area contributed by atoms with Crippen molar-refractivity contribution in [2.75, 3.05) is 5.32 Å². The molecule has 0 unspecified atom stereocenters. The third kappa shape index (κ3) is 4.16. The highest BCUT2D eigenvalue weighted by atomic mass is 35.5. The number of nitro groups is 1. The van der Waals surface area contributed by atoms with Crippen molar-refractivity contribution in [2.45, 2.75) is 13.0 Å². The third-order valence-corrected chi connectivity index (χ3v) is 2.92. The summed E-state index contributed by atoms with van der Waals surface area (Å²) in [7, 11) is 0. The number of hydrogen-bond donors (Lipinski definition) is 1. The molecule has 22 heavy (non-hydrogen) atoms. The standard InChI is InChI=1S/C14H12ClN3O4/c1-9(22-12-4-2-3-10(15)7-12)14(19)17-13-6-5-11(8-16-13)18(20)21/h2-9H,1H3,(H,16,17,19)/t9-/m0/s1. The van der Waals surface area contributed by atoms with Gasteiger partial charge in [-0.05, 0) is 31.2 Å². The van der Waals surface area contributed by atoms with E-state index in [0.29, 0.717) is 10.8 Å². The molecular weight excluding hydrogens is 310 g/mol. The van der Waals surface area contributed by atoms with Gasteiger partial charge in [0.2, 0.25) is 0 Å². The van der Waals surface area contributed by atoms with E-state index in [1.165, 1.54) is 12.1 Å². The summed E-state index contributed by atoms with van der Waals surface area (Å²) in [5, 5.41) is 13.5. The average molecular weight is 322 g/mol. The first-order chi connectivity index (χ1) is 10.5. The van der Waals surface area contributed by atoms with Gasteiger partial charge in [0.25, 0.3) is 11.6 Å². The zero-order valence-electron chi connectivity index (χ0n) is 11.5. The van der Waals surface area contributed by atoms with Gasteiger partial charge in [-0.25, -0.2) is 4.98 Å². The Morgan fingerprint density at radius 2 is 2.18 bits per heavy atom. The van der Waals surface area contributed by atoms with Crippen LogP contribution in [0.15, 0.2) is 42.6 Å². The summed E-state index contributed by atoms with van der Waals surface area (Å²) in [5.74, 6) is 0.241. The van der Waals surface area contributed by atoms with E-state index in [0.717, 1.165) is 6.20 Å². The molecule has 2 aromatic rings. The number of rotatable bonds is 5. The number of carbonyl (C=O) groups excluding carboxylic acids is 1. The SMILES string of the molecule is C[C@H](Oc1cccc(Cl)c1)C(=O)Nc1ccc([N+](=O)[O-])cn1. The Morgan fingerprint density at radius 1 is 1.41 bits per heavy atom. The smallest absolute Gasteiger partial charge is 0.287 e. The number of nitrogens with zero attached hydrogens (tertiary/aromatic N) is 2. The van der Waals surface area contributed by atoms with Crippen LogP contribution in [0.3, 0.4) is 0 Å². The Balaban J connectivity index is 1.97. The van der Waals surface area contributed by atoms with Gasteiger partial charge < -0.3 is 10.1 Å². The molecule has 0 saturated heterocycles. The van der Waals surface area contributed by atoms with Crippen LogP contribution >= 0.6 is 11.6 Å². The number of pyridine rings is 1. The van der Waals surface area contributed by atoms with E-state index < -0.39 is 16.9 Å². The molecule has 114 valence electrons. The molecule has 1 atom stereocenters. The minimum atomic E-state index is -0.782. The van der Waals surface area contributed by atoms with Gasteiger partial charge >= 0.3 is 0 Å². The second-order valence-corrected chi connectivity index (χ2v) is 4.80. The fraction of sp³-hybridized carbons (Fsp3) is 0.143. The second kappa shape index (κ2) is 6.86. The summed E-state index contributed by atoms with van der Waals surface area (Å²) in [6.07, 6.45) is 0.286. The minimum absolute atomic E-state index is 0.152. The maximum absolute atomic E-state index is 12.0. The molecule has 0 spiro atoms. The maximum atomic E-state index is 12.0. The molecule has 7 nitrogen and oxygen atoms in total. The fourth-order valence-corrected chi connectivity index (χ4v) is 1.77. The number of carbonyl (C=O) groups is 1. The molecule has 1 amide bonds. The number of amides is 1. The van der Waals surface area contributed by atoms with Gasteiger partial charge in [0.15, 0.2) is 6.10 Å². The minimum Gasteiger partial charge on any atom is -0.481 e. The highest BCUT2D eigenvalue weighted by Crippen LogP contribution is 2.19. The summed E-state index contributed by atoms with van der Waals surface area (Å²) in [6.45, 7) is 1.57. The van der Waals surface area contributed by atoms with Crippen LogP contribution in [0.4, 0.5) is 11.5 Å². The molecule has 1 aromatic carbocycles. The van der Waals surface area contributed by atoms with Gasteiger partial charge in [0, 0.05) is 11.1 Å². The van der Waals surface area contributed by atoms with Gasteiger partial charge in [-0.15, -0.1) is 0 Å². The van der Waals surface area contributed by atoms with Gasteiger partial charge in [0.1, 0.15) is 17.8 Å². The molecule has 2 rings (SSSR count). The Hall–Kier alpha value is -2.67. The molecule has 1 aromatic heterocycles.